The third-order valence-corrected chi connectivity index (χ3v) is 3.23. The molecule has 2 N–H and O–H groups in total. The molecule has 0 aliphatic carbocycles. The Morgan fingerprint density at radius 2 is 1.95 bits per heavy atom. The van der Waals surface area contributed by atoms with Crippen LogP contribution in [0.3, 0.4) is 0 Å². The van der Waals surface area contributed by atoms with Crippen LogP contribution < -0.4 is 10.6 Å². The van der Waals surface area contributed by atoms with Crippen molar-refractivity contribution in [1.29, 1.82) is 0 Å². The van der Waals surface area contributed by atoms with Crippen LogP contribution in [0.4, 0.5) is 5.95 Å². The number of amides is 1. The molecule has 1 amide bonds. The van der Waals surface area contributed by atoms with Gasteiger partial charge in [0.25, 0.3) is 5.91 Å². The molecule has 2 rings (SSSR count). The van der Waals surface area contributed by atoms with Gasteiger partial charge in [-0.15, -0.1) is 0 Å². The predicted octanol–water partition coefficient (Wildman–Crippen LogP) is 2.41. The molecule has 0 aromatic carbocycles. The zero-order valence-corrected chi connectivity index (χ0v) is 12.5. The van der Waals surface area contributed by atoms with Crippen LogP contribution in [0.5, 0.6) is 0 Å². The average molecular weight is 326 g/mol. The highest BCUT2D eigenvalue weighted by Crippen LogP contribution is 2.18. The standard InChI is InChI=1S/C13H13Cl2N5O/c14-10-8-19-13(20-11(10)15)18-5-1-4-17-12(21)9-2-6-16-7-3-9/h2-3,6-8H,1,4-5H2,(H,17,21)(H,18,19,20). The second-order valence-corrected chi connectivity index (χ2v) is 4.87. The van der Waals surface area contributed by atoms with Crippen LogP contribution in [0.25, 0.3) is 0 Å². The molecule has 8 heteroatoms. The summed E-state index contributed by atoms with van der Waals surface area (Å²) in [5.74, 6) is 0.285. The fourth-order valence-corrected chi connectivity index (χ4v) is 1.75. The number of hydrogen-bond acceptors (Lipinski definition) is 5. The zero-order valence-electron chi connectivity index (χ0n) is 11.0. The summed E-state index contributed by atoms with van der Waals surface area (Å²) in [6.07, 6.45) is 5.32. The van der Waals surface area contributed by atoms with Crippen molar-refractivity contribution in [3.63, 3.8) is 0 Å². The number of rotatable bonds is 6. The molecule has 0 radical (unpaired) electrons. The van der Waals surface area contributed by atoms with Gasteiger partial charge in [-0.05, 0) is 18.6 Å². The maximum Gasteiger partial charge on any atom is 0.251 e. The number of carbonyl (C=O) groups is 1. The first kappa shape index (κ1) is 15.5. The molecule has 0 bridgehead atoms. The molecule has 21 heavy (non-hydrogen) atoms. The number of nitrogens with zero attached hydrogens (tertiary/aromatic N) is 3. The number of nitrogens with one attached hydrogen (secondary N) is 2. The number of anilines is 1. The van der Waals surface area contributed by atoms with E-state index in [1.54, 1.807) is 24.5 Å². The van der Waals surface area contributed by atoms with Crippen LogP contribution in [0, 0.1) is 0 Å². The molecular formula is C13H13Cl2N5O. The van der Waals surface area contributed by atoms with E-state index in [-0.39, 0.29) is 11.1 Å². The highest BCUT2D eigenvalue weighted by Gasteiger charge is 2.04. The second-order valence-electron chi connectivity index (χ2n) is 4.10. The SMILES string of the molecule is O=C(NCCCNc1ncc(Cl)c(Cl)n1)c1ccncc1. The summed E-state index contributed by atoms with van der Waals surface area (Å²) in [5, 5.41) is 6.33. The smallest absolute Gasteiger partial charge is 0.251 e. The maximum absolute atomic E-state index is 11.7. The first-order valence-electron chi connectivity index (χ1n) is 6.27. The summed E-state index contributed by atoms with van der Waals surface area (Å²) in [6, 6.07) is 3.33. The molecular weight excluding hydrogens is 313 g/mol. The van der Waals surface area contributed by atoms with E-state index in [1.165, 1.54) is 6.20 Å². The monoisotopic (exact) mass is 325 g/mol. The quantitative estimate of drug-likeness (QED) is 0.629. The molecule has 0 aliphatic rings. The van der Waals surface area contributed by atoms with E-state index in [9.17, 15) is 4.79 Å². The van der Waals surface area contributed by atoms with Crippen molar-refractivity contribution in [3.8, 4) is 0 Å². The van der Waals surface area contributed by atoms with E-state index in [0.29, 0.717) is 29.6 Å². The molecule has 6 nitrogen and oxygen atoms in total. The van der Waals surface area contributed by atoms with Gasteiger partial charge in [0, 0.05) is 31.0 Å². The highest BCUT2D eigenvalue weighted by atomic mass is 35.5. The summed E-state index contributed by atoms with van der Waals surface area (Å²) >= 11 is 11.5. The minimum atomic E-state index is -0.122. The van der Waals surface area contributed by atoms with E-state index >= 15 is 0 Å². The van der Waals surface area contributed by atoms with Gasteiger partial charge in [-0.1, -0.05) is 23.2 Å². The van der Waals surface area contributed by atoms with Gasteiger partial charge in [0.1, 0.15) is 0 Å². The Bertz CT molecular complexity index is 609. The molecule has 0 aliphatic heterocycles. The topological polar surface area (TPSA) is 79.8 Å². The molecule has 110 valence electrons. The van der Waals surface area contributed by atoms with Gasteiger partial charge in [0.2, 0.25) is 5.95 Å². The van der Waals surface area contributed by atoms with Crippen molar-refractivity contribution in [2.45, 2.75) is 6.42 Å². The van der Waals surface area contributed by atoms with E-state index in [2.05, 4.69) is 25.6 Å². The summed E-state index contributed by atoms with van der Waals surface area (Å²) in [6.45, 7) is 1.14. The normalized spacial score (nSPS) is 10.2. The van der Waals surface area contributed by atoms with Crippen LogP contribution in [0.1, 0.15) is 16.8 Å². The molecule has 2 aromatic rings. The minimum Gasteiger partial charge on any atom is -0.354 e. The summed E-state index contributed by atoms with van der Waals surface area (Å²) in [4.78, 5) is 23.6. The lowest BCUT2D eigenvalue weighted by atomic mass is 10.2. The van der Waals surface area contributed by atoms with Crippen molar-refractivity contribution in [2.75, 3.05) is 18.4 Å². The highest BCUT2D eigenvalue weighted by molar-refractivity contribution is 6.41. The van der Waals surface area contributed by atoms with Gasteiger partial charge in [0.15, 0.2) is 5.15 Å². The fourth-order valence-electron chi connectivity index (χ4n) is 1.53. The molecule has 0 unspecified atom stereocenters. The van der Waals surface area contributed by atoms with Crippen LogP contribution in [-0.2, 0) is 0 Å². The maximum atomic E-state index is 11.7. The zero-order chi connectivity index (χ0) is 15.1. The average Bonchev–Trinajstić information content (AvgIpc) is 2.51. The summed E-state index contributed by atoms with van der Waals surface area (Å²) in [7, 11) is 0. The lowest BCUT2D eigenvalue weighted by molar-refractivity contribution is 0.0953. The minimum absolute atomic E-state index is 0.122. The van der Waals surface area contributed by atoms with E-state index in [4.69, 9.17) is 23.2 Å². The van der Waals surface area contributed by atoms with Gasteiger partial charge in [0.05, 0.1) is 11.2 Å². The largest absolute Gasteiger partial charge is 0.354 e. The molecule has 0 saturated carbocycles. The third-order valence-electron chi connectivity index (χ3n) is 2.57. The Labute approximate surface area is 131 Å². The fraction of sp³-hybridized carbons (Fsp3) is 0.231. The van der Waals surface area contributed by atoms with Gasteiger partial charge in [-0.25, -0.2) is 4.98 Å². The van der Waals surface area contributed by atoms with Crippen LogP contribution in [0.15, 0.2) is 30.7 Å². The van der Waals surface area contributed by atoms with Crippen molar-refractivity contribution < 1.29 is 4.79 Å². The van der Waals surface area contributed by atoms with E-state index < -0.39 is 0 Å². The van der Waals surface area contributed by atoms with Gasteiger partial charge < -0.3 is 10.6 Å². The number of halogens is 2. The summed E-state index contributed by atoms with van der Waals surface area (Å²) < 4.78 is 0. The Hall–Kier alpha value is -1.92. The first-order chi connectivity index (χ1) is 10.2. The van der Waals surface area contributed by atoms with Gasteiger partial charge in [-0.3, -0.25) is 9.78 Å². The van der Waals surface area contributed by atoms with Crippen molar-refractivity contribution in [2.24, 2.45) is 0 Å². The predicted molar refractivity (Wildman–Crippen MR) is 81.7 cm³/mol. The molecule has 0 saturated heterocycles. The van der Waals surface area contributed by atoms with Crippen LogP contribution in [0.2, 0.25) is 10.2 Å². The van der Waals surface area contributed by atoms with Crippen molar-refractivity contribution in [1.82, 2.24) is 20.3 Å². The van der Waals surface area contributed by atoms with Crippen LogP contribution >= 0.6 is 23.2 Å². The van der Waals surface area contributed by atoms with Gasteiger partial charge >= 0.3 is 0 Å². The van der Waals surface area contributed by atoms with E-state index in [1.807, 2.05) is 0 Å². The number of pyridine rings is 1. The Morgan fingerprint density at radius 1 is 1.19 bits per heavy atom. The number of hydrogen-bond donors (Lipinski definition) is 2. The molecule has 2 heterocycles. The Morgan fingerprint density at radius 3 is 2.67 bits per heavy atom. The Balaban J connectivity index is 1.68. The first-order valence-corrected chi connectivity index (χ1v) is 7.02. The summed E-state index contributed by atoms with van der Waals surface area (Å²) in [5.41, 5.74) is 0.589. The third kappa shape index (κ3) is 4.84. The van der Waals surface area contributed by atoms with Crippen LogP contribution in [-0.4, -0.2) is 33.9 Å². The molecule has 0 spiro atoms. The molecule has 0 fully saturated rings. The lowest BCUT2D eigenvalue weighted by Gasteiger charge is -2.07. The van der Waals surface area contributed by atoms with Gasteiger partial charge in [-0.2, -0.15) is 4.98 Å². The van der Waals surface area contributed by atoms with E-state index in [0.717, 1.165) is 6.42 Å². The molecule has 2 aromatic heterocycles. The van der Waals surface area contributed by atoms with Crippen molar-refractivity contribution >= 4 is 35.1 Å². The molecule has 0 atom stereocenters. The van der Waals surface area contributed by atoms with Crippen molar-refractivity contribution in [3.05, 3.63) is 46.5 Å². The lowest BCUT2D eigenvalue weighted by Crippen LogP contribution is -2.25. The number of aromatic nitrogens is 3. The Kier molecular flexibility index (Phi) is 5.71. The second kappa shape index (κ2) is 7.75. The number of carbonyl (C=O) groups excluding carboxylic acids is 1.